The number of rotatable bonds is 12. The second-order valence-corrected chi connectivity index (χ2v) is 12.5. The van der Waals surface area contributed by atoms with Crippen LogP contribution < -0.4 is 19.9 Å². The molecule has 0 bridgehead atoms. The molecule has 11 heteroatoms. The van der Waals surface area contributed by atoms with Gasteiger partial charge < -0.3 is 33.5 Å². The SMILES string of the molecule is COc1ccc(C(OCC2OC(n3cc(F)c(Oc4c(C)cc(C)cc4C)nc3=O)C(OC)C2O)(c2ccccc2)c2ccc(OC)cc2)cc1. The normalized spacial score (nSPS) is 18.8. The maximum absolute atomic E-state index is 15.6. The zero-order valence-corrected chi connectivity index (χ0v) is 29.3. The summed E-state index contributed by atoms with van der Waals surface area (Å²) < 4.78 is 52.0. The van der Waals surface area contributed by atoms with Crippen molar-refractivity contribution in [2.45, 2.75) is 50.9 Å². The van der Waals surface area contributed by atoms with E-state index in [0.717, 1.165) is 44.1 Å². The highest BCUT2D eigenvalue weighted by Gasteiger charge is 2.48. The number of methoxy groups -OCH3 is 3. The van der Waals surface area contributed by atoms with E-state index in [0.29, 0.717) is 17.2 Å². The van der Waals surface area contributed by atoms with Crippen LogP contribution in [0.2, 0.25) is 0 Å². The summed E-state index contributed by atoms with van der Waals surface area (Å²) in [6, 6.07) is 28.5. The topological polar surface area (TPSA) is 111 Å². The number of nitrogens with zero attached hydrogens (tertiary/aromatic N) is 2. The van der Waals surface area contributed by atoms with Crippen LogP contribution in [0.4, 0.5) is 4.39 Å². The zero-order valence-electron chi connectivity index (χ0n) is 29.3. The fourth-order valence-corrected chi connectivity index (χ4v) is 6.73. The van der Waals surface area contributed by atoms with E-state index in [-0.39, 0.29) is 6.61 Å². The standard InChI is InChI=1S/C40H41FN2O8/c1-24-20-25(2)35(26(3)21-24)51-37-32(41)22-43(39(45)42-37)38-36(48-6)34(44)33(50-38)23-49-40(27-10-8-7-9-11-27,28-12-16-30(46-4)17-13-28)29-14-18-31(47-5)19-15-29/h7-22,33-34,36,38,44H,23H2,1-6H3. The number of aliphatic hydroxyl groups is 1. The van der Waals surface area contributed by atoms with Crippen molar-refractivity contribution in [2.75, 3.05) is 27.9 Å². The quantitative estimate of drug-likeness (QED) is 0.148. The number of aliphatic hydroxyl groups excluding tert-OH is 1. The third-order valence-corrected chi connectivity index (χ3v) is 9.17. The molecule has 51 heavy (non-hydrogen) atoms. The Labute approximate surface area is 295 Å². The highest BCUT2D eigenvalue weighted by molar-refractivity contribution is 5.50. The second-order valence-electron chi connectivity index (χ2n) is 12.5. The summed E-state index contributed by atoms with van der Waals surface area (Å²) in [6.45, 7) is 5.47. The largest absolute Gasteiger partial charge is 0.497 e. The monoisotopic (exact) mass is 696 g/mol. The molecular formula is C40H41FN2O8. The molecule has 2 heterocycles. The van der Waals surface area contributed by atoms with Crippen molar-refractivity contribution in [3.05, 3.63) is 147 Å². The summed E-state index contributed by atoms with van der Waals surface area (Å²) in [7, 11) is 4.58. The van der Waals surface area contributed by atoms with Crippen LogP contribution in [0.1, 0.15) is 39.6 Å². The maximum Gasteiger partial charge on any atom is 0.353 e. The Hall–Kier alpha value is -5.07. The van der Waals surface area contributed by atoms with Crippen molar-refractivity contribution in [1.82, 2.24) is 9.55 Å². The van der Waals surface area contributed by atoms with Crippen LogP contribution in [-0.4, -0.2) is 60.9 Å². The van der Waals surface area contributed by atoms with Gasteiger partial charge in [-0.15, -0.1) is 0 Å². The Kier molecular flexibility index (Phi) is 10.5. The third-order valence-electron chi connectivity index (χ3n) is 9.17. The van der Waals surface area contributed by atoms with Gasteiger partial charge in [0.05, 0.1) is 27.0 Å². The fraction of sp³-hybridized carbons (Fsp3) is 0.300. The van der Waals surface area contributed by atoms with Crippen molar-refractivity contribution < 1.29 is 37.9 Å². The van der Waals surface area contributed by atoms with Crippen LogP contribution in [0, 0.1) is 26.6 Å². The molecule has 1 fully saturated rings. The van der Waals surface area contributed by atoms with Gasteiger partial charge in [-0.1, -0.05) is 72.3 Å². The van der Waals surface area contributed by atoms with Crippen LogP contribution in [-0.2, 0) is 19.8 Å². The van der Waals surface area contributed by atoms with Crippen LogP contribution in [0.15, 0.2) is 102 Å². The first-order chi connectivity index (χ1) is 24.6. The van der Waals surface area contributed by atoms with Crippen LogP contribution in [0.25, 0.3) is 0 Å². The van der Waals surface area contributed by atoms with Crippen molar-refractivity contribution in [3.63, 3.8) is 0 Å². The first-order valence-corrected chi connectivity index (χ1v) is 16.5. The summed E-state index contributed by atoms with van der Waals surface area (Å²) in [5.74, 6) is 0.401. The minimum Gasteiger partial charge on any atom is -0.497 e. The summed E-state index contributed by atoms with van der Waals surface area (Å²) in [5, 5.41) is 11.5. The third kappa shape index (κ3) is 6.98. The van der Waals surface area contributed by atoms with Gasteiger partial charge in [0.2, 0.25) is 5.82 Å². The molecule has 4 unspecified atom stereocenters. The van der Waals surface area contributed by atoms with Crippen molar-refractivity contribution >= 4 is 0 Å². The Morgan fingerprint density at radius 1 is 0.843 bits per heavy atom. The summed E-state index contributed by atoms with van der Waals surface area (Å²) in [5.41, 5.74) is 2.91. The molecule has 1 aliphatic heterocycles. The van der Waals surface area contributed by atoms with Crippen LogP contribution in [0.5, 0.6) is 23.1 Å². The number of hydrogen-bond donors (Lipinski definition) is 1. The van der Waals surface area contributed by atoms with E-state index in [1.807, 2.05) is 112 Å². The average molecular weight is 697 g/mol. The predicted octanol–water partition coefficient (Wildman–Crippen LogP) is 6.40. The molecule has 1 N–H and O–H groups in total. The number of hydrogen-bond acceptors (Lipinski definition) is 9. The van der Waals surface area contributed by atoms with E-state index < -0.39 is 47.5 Å². The molecule has 0 saturated carbocycles. The zero-order chi connectivity index (χ0) is 36.3. The van der Waals surface area contributed by atoms with Gasteiger partial charge in [0, 0.05) is 7.11 Å². The second kappa shape index (κ2) is 15.0. The predicted molar refractivity (Wildman–Crippen MR) is 188 cm³/mol. The molecule has 5 aromatic rings. The molecule has 0 aliphatic carbocycles. The molecule has 10 nitrogen and oxygen atoms in total. The lowest BCUT2D eigenvalue weighted by molar-refractivity contribution is -0.0969. The molecule has 1 aliphatic rings. The maximum atomic E-state index is 15.6. The molecule has 266 valence electrons. The lowest BCUT2D eigenvalue weighted by atomic mass is 9.80. The number of aryl methyl sites for hydroxylation is 3. The minimum absolute atomic E-state index is 0.150. The van der Waals surface area contributed by atoms with Crippen molar-refractivity contribution in [2.24, 2.45) is 0 Å². The molecule has 4 aromatic carbocycles. The van der Waals surface area contributed by atoms with E-state index >= 15 is 4.39 Å². The van der Waals surface area contributed by atoms with Gasteiger partial charge in [0.1, 0.15) is 41.2 Å². The highest BCUT2D eigenvalue weighted by atomic mass is 19.1. The van der Waals surface area contributed by atoms with Gasteiger partial charge in [0.15, 0.2) is 6.23 Å². The number of halogens is 1. The van der Waals surface area contributed by atoms with E-state index in [9.17, 15) is 9.90 Å². The molecule has 1 aromatic heterocycles. The van der Waals surface area contributed by atoms with Crippen LogP contribution in [0.3, 0.4) is 0 Å². The Morgan fingerprint density at radius 2 is 1.39 bits per heavy atom. The van der Waals surface area contributed by atoms with Gasteiger partial charge in [-0.2, -0.15) is 9.37 Å². The van der Waals surface area contributed by atoms with Gasteiger partial charge in [-0.3, -0.25) is 4.57 Å². The number of benzene rings is 4. The first kappa shape index (κ1) is 35.7. The molecule has 1 saturated heterocycles. The Morgan fingerprint density at radius 3 is 1.92 bits per heavy atom. The fourth-order valence-electron chi connectivity index (χ4n) is 6.73. The van der Waals surface area contributed by atoms with E-state index in [1.54, 1.807) is 14.2 Å². The van der Waals surface area contributed by atoms with E-state index in [2.05, 4.69) is 4.98 Å². The van der Waals surface area contributed by atoms with E-state index in [1.165, 1.54) is 7.11 Å². The lowest BCUT2D eigenvalue weighted by Gasteiger charge is -2.37. The number of aromatic nitrogens is 2. The van der Waals surface area contributed by atoms with Gasteiger partial charge >= 0.3 is 5.69 Å². The summed E-state index contributed by atoms with van der Waals surface area (Å²) >= 11 is 0. The Balaban J connectivity index is 1.34. The van der Waals surface area contributed by atoms with Gasteiger partial charge in [0.25, 0.3) is 5.88 Å². The minimum atomic E-state index is -1.26. The number of ether oxygens (including phenoxy) is 6. The van der Waals surface area contributed by atoms with Crippen molar-refractivity contribution in [3.8, 4) is 23.1 Å². The first-order valence-electron chi connectivity index (χ1n) is 16.5. The average Bonchev–Trinajstić information content (AvgIpc) is 3.46. The van der Waals surface area contributed by atoms with E-state index in [4.69, 9.17) is 28.4 Å². The molecule has 0 spiro atoms. The highest BCUT2D eigenvalue weighted by Crippen LogP contribution is 2.43. The molecule has 0 amide bonds. The molecule has 6 rings (SSSR count). The molecular weight excluding hydrogens is 655 g/mol. The Bertz CT molecular complexity index is 1950. The van der Waals surface area contributed by atoms with Crippen LogP contribution >= 0.6 is 0 Å². The van der Waals surface area contributed by atoms with Crippen molar-refractivity contribution in [1.29, 1.82) is 0 Å². The molecule has 0 radical (unpaired) electrons. The molecule has 4 atom stereocenters. The van der Waals surface area contributed by atoms with Gasteiger partial charge in [-0.25, -0.2) is 4.79 Å². The smallest absolute Gasteiger partial charge is 0.353 e. The lowest BCUT2D eigenvalue weighted by Crippen LogP contribution is -2.40. The summed E-state index contributed by atoms with van der Waals surface area (Å²) in [4.78, 5) is 17.3. The summed E-state index contributed by atoms with van der Waals surface area (Å²) in [6.07, 6.45) is -3.58. The van der Waals surface area contributed by atoms with Gasteiger partial charge in [-0.05, 0) is 72.9 Å².